The van der Waals surface area contributed by atoms with E-state index in [1.54, 1.807) is 0 Å². The first-order chi connectivity index (χ1) is 6.06. The van der Waals surface area contributed by atoms with Crippen molar-refractivity contribution in [2.45, 2.75) is 52.6 Å². The number of Topliss-reactive ketones (excluding diaryl/α,β-unsaturated/α-hetero) is 1. The Balaban J connectivity index is 2.56. The van der Waals surface area contributed by atoms with Crippen LogP contribution in [0.5, 0.6) is 0 Å². The molecule has 0 aliphatic carbocycles. The summed E-state index contributed by atoms with van der Waals surface area (Å²) in [5, 5.41) is 0. The maximum Gasteiger partial charge on any atom is 0.149 e. The molecule has 0 bridgehead atoms. The van der Waals surface area contributed by atoms with Crippen LogP contribution in [0.25, 0.3) is 0 Å². The molecule has 1 aliphatic heterocycles. The Bertz CT molecular complexity index is 191. The standard InChI is InChI=1S/C11H21NO/c1-5-11(13)10(4)12-7-8(2)6-9(12)3/h8-10H,5-7H2,1-4H3. The average molecular weight is 183 g/mol. The van der Waals surface area contributed by atoms with Gasteiger partial charge in [0.1, 0.15) is 5.78 Å². The minimum Gasteiger partial charge on any atom is -0.298 e. The molecule has 0 aromatic carbocycles. The van der Waals surface area contributed by atoms with Crippen molar-refractivity contribution in [3.63, 3.8) is 0 Å². The topological polar surface area (TPSA) is 20.3 Å². The molecular weight excluding hydrogens is 162 g/mol. The Kier molecular flexibility index (Phi) is 3.48. The minimum atomic E-state index is 0.130. The molecule has 3 unspecified atom stereocenters. The van der Waals surface area contributed by atoms with E-state index in [9.17, 15) is 4.79 Å². The van der Waals surface area contributed by atoms with E-state index in [-0.39, 0.29) is 6.04 Å². The number of hydrogen-bond donors (Lipinski definition) is 0. The highest BCUT2D eigenvalue weighted by Crippen LogP contribution is 2.24. The van der Waals surface area contributed by atoms with Crippen LogP contribution in [0, 0.1) is 5.92 Å². The Morgan fingerprint density at radius 1 is 1.54 bits per heavy atom. The molecule has 0 radical (unpaired) electrons. The quantitative estimate of drug-likeness (QED) is 0.667. The van der Waals surface area contributed by atoms with Crippen molar-refractivity contribution < 1.29 is 4.79 Å². The highest BCUT2D eigenvalue weighted by molar-refractivity contribution is 5.83. The van der Waals surface area contributed by atoms with Gasteiger partial charge in [-0.1, -0.05) is 13.8 Å². The Hall–Kier alpha value is -0.370. The van der Waals surface area contributed by atoms with Crippen molar-refractivity contribution in [2.75, 3.05) is 6.54 Å². The monoisotopic (exact) mass is 183 g/mol. The maximum absolute atomic E-state index is 11.5. The zero-order valence-corrected chi connectivity index (χ0v) is 9.21. The van der Waals surface area contributed by atoms with Gasteiger partial charge in [-0.15, -0.1) is 0 Å². The van der Waals surface area contributed by atoms with E-state index in [0.29, 0.717) is 18.2 Å². The summed E-state index contributed by atoms with van der Waals surface area (Å²) >= 11 is 0. The number of carbonyl (C=O) groups is 1. The van der Waals surface area contributed by atoms with Gasteiger partial charge in [-0.05, 0) is 26.2 Å². The molecule has 0 aromatic heterocycles. The van der Waals surface area contributed by atoms with Gasteiger partial charge in [0.25, 0.3) is 0 Å². The van der Waals surface area contributed by atoms with E-state index in [1.165, 1.54) is 6.42 Å². The summed E-state index contributed by atoms with van der Waals surface area (Å²) in [6.07, 6.45) is 1.90. The predicted octanol–water partition coefficient (Wildman–Crippen LogP) is 2.08. The van der Waals surface area contributed by atoms with E-state index < -0.39 is 0 Å². The van der Waals surface area contributed by atoms with Gasteiger partial charge >= 0.3 is 0 Å². The van der Waals surface area contributed by atoms with E-state index in [4.69, 9.17) is 0 Å². The van der Waals surface area contributed by atoms with Crippen LogP contribution in [-0.4, -0.2) is 29.3 Å². The predicted molar refractivity (Wildman–Crippen MR) is 54.7 cm³/mol. The van der Waals surface area contributed by atoms with E-state index in [1.807, 2.05) is 13.8 Å². The van der Waals surface area contributed by atoms with Crippen LogP contribution in [0.2, 0.25) is 0 Å². The van der Waals surface area contributed by atoms with Crippen LogP contribution < -0.4 is 0 Å². The highest BCUT2D eigenvalue weighted by Gasteiger charge is 2.31. The fourth-order valence-corrected chi connectivity index (χ4v) is 2.35. The van der Waals surface area contributed by atoms with Crippen LogP contribution in [-0.2, 0) is 4.79 Å². The van der Waals surface area contributed by atoms with Gasteiger partial charge < -0.3 is 0 Å². The molecule has 2 nitrogen and oxygen atoms in total. The van der Waals surface area contributed by atoms with Gasteiger partial charge in [-0.3, -0.25) is 9.69 Å². The molecule has 76 valence electrons. The smallest absolute Gasteiger partial charge is 0.149 e. The molecule has 0 saturated carbocycles. The molecule has 0 N–H and O–H groups in total. The number of nitrogens with zero attached hydrogens (tertiary/aromatic N) is 1. The van der Waals surface area contributed by atoms with Crippen LogP contribution in [0.4, 0.5) is 0 Å². The van der Waals surface area contributed by atoms with E-state index in [2.05, 4.69) is 18.7 Å². The zero-order valence-electron chi connectivity index (χ0n) is 9.21. The lowest BCUT2D eigenvalue weighted by Crippen LogP contribution is -2.40. The molecular formula is C11H21NO. The van der Waals surface area contributed by atoms with Gasteiger partial charge in [0.15, 0.2) is 0 Å². The summed E-state index contributed by atoms with van der Waals surface area (Å²) in [4.78, 5) is 13.9. The Morgan fingerprint density at radius 2 is 2.15 bits per heavy atom. The normalized spacial score (nSPS) is 32.0. The molecule has 2 heteroatoms. The highest BCUT2D eigenvalue weighted by atomic mass is 16.1. The Morgan fingerprint density at radius 3 is 2.54 bits per heavy atom. The first kappa shape index (κ1) is 10.7. The molecule has 1 aliphatic rings. The van der Waals surface area contributed by atoms with Crippen molar-refractivity contribution in [1.29, 1.82) is 0 Å². The van der Waals surface area contributed by atoms with Crippen molar-refractivity contribution in [2.24, 2.45) is 5.92 Å². The lowest BCUT2D eigenvalue weighted by atomic mass is 10.1. The van der Waals surface area contributed by atoms with Gasteiger partial charge in [0, 0.05) is 19.0 Å². The molecule has 0 spiro atoms. The van der Waals surface area contributed by atoms with Crippen LogP contribution in [0.3, 0.4) is 0 Å². The second kappa shape index (κ2) is 4.23. The largest absolute Gasteiger partial charge is 0.298 e. The Labute approximate surface area is 81.3 Å². The molecule has 1 rings (SSSR count). The zero-order chi connectivity index (χ0) is 10.0. The SMILES string of the molecule is CCC(=O)C(C)N1CC(C)CC1C. The summed E-state index contributed by atoms with van der Waals surface area (Å²) in [5.74, 6) is 1.13. The van der Waals surface area contributed by atoms with E-state index in [0.717, 1.165) is 12.5 Å². The van der Waals surface area contributed by atoms with Crippen molar-refractivity contribution >= 4 is 5.78 Å². The first-order valence-corrected chi connectivity index (χ1v) is 5.34. The van der Waals surface area contributed by atoms with Crippen LogP contribution >= 0.6 is 0 Å². The summed E-state index contributed by atoms with van der Waals surface area (Å²) in [5.41, 5.74) is 0. The second-order valence-corrected chi connectivity index (χ2v) is 4.38. The maximum atomic E-state index is 11.5. The molecule has 1 heterocycles. The number of rotatable bonds is 3. The molecule has 13 heavy (non-hydrogen) atoms. The number of carbonyl (C=O) groups excluding carboxylic acids is 1. The number of likely N-dealkylation sites (tertiary alicyclic amines) is 1. The van der Waals surface area contributed by atoms with Gasteiger partial charge in [0.05, 0.1) is 6.04 Å². The summed E-state index contributed by atoms with van der Waals surface area (Å²) < 4.78 is 0. The van der Waals surface area contributed by atoms with E-state index >= 15 is 0 Å². The number of hydrogen-bond acceptors (Lipinski definition) is 2. The fourth-order valence-electron chi connectivity index (χ4n) is 2.35. The summed E-state index contributed by atoms with van der Waals surface area (Å²) in [6, 6.07) is 0.713. The van der Waals surface area contributed by atoms with Gasteiger partial charge in [-0.2, -0.15) is 0 Å². The number of ketones is 1. The van der Waals surface area contributed by atoms with Gasteiger partial charge in [-0.25, -0.2) is 0 Å². The van der Waals surface area contributed by atoms with Crippen molar-refractivity contribution in [3.05, 3.63) is 0 Å². The molecule has 3 atom stereocenters. The minimum absolute atomic E-state index is 0.130. The fraction of sp³-hybridized carbons (Fsp3) is 0.909. The molecule has 0 amide bonds. The third-order valence-corrected chi connectivity index (χ3v) is 3.14. The first-order valence-electron chi connectivity index (χ1n) is 5.34. The average Bonchev–Trinajstić information content (AvgIpc) is 2.42. The lowest BCUT2D eigenvalue weighted by molar-refractivity contribution is -0.123. The molecule has 0 aromatic rings. The van der Waals surface area contributed by atoms with Crippen LogP contribution in [0.1, 0.15) is 40.5 Å². The summed E-state index contributed by atoms with van der Waals surface area (Å²) in [6.45, 7) is 9.57. The van der Waals surface area contributed by atoms with Crippen molar-refractivity contribution in [3.8, 4) is 0 Å². The lowest BCUT2D eigenvalue weighted by Gasteiger charge is -2.27. The summed E-state index contributed by atoms with van der Waals surface area (Å²) in [7, 11) is 0. The molecule has 1 saturated heterocycles. The van der Waals surface area contributed by atoms with Gasteiger partial charge in [0.2, 0.25) is 0 Å². The third kappa shape index (κ3) is 2.31. The van der Waals surface area contributed by atoms with Crippen molar-refractivity contribution in [1.82, 2.24) is 4.90 Å². The van der Waals surface area contributed by atoms with Crippen LogP contribution in [0.15, 0.2) is 0 Å². The molecule has 1 fully saturated rings. The second-order valence-electron chi connectivity index (χ2n) is 4.38. The third-order valence-electron chi connectivity index (χ3n) is 3.14.